The summed E-state index contributed by atoms with van der Waals surface area (Å²) in [4.78, 5) is 0. The summed E-state index contributed by atoms with van der Waals surface area (Å²) in [5.41, 5.74) is 0. The molecular weight excluding hydrogens is 150 g/mol. The average molecular weight is 169 g/mol. The van der Waals surface area contributed by atoms with Gasteiger partial charge in [0, 0.05) is 12.1 Å². The minimum atomic E-state index is -0.0773. The SMILES string of the molecule is CC1CCC2CCCC(O)C2N1. The fraction of sp³-hybridized carbons (Fsp3) is 1.00. The topological polar surface area (TPSA) is 32.3 Å². The number of fused-ring (bicyclic) bond motifs is 1. The van der Waals surface area contributed by atoms with Gasteiger partial charge in [0.05, 0.1) is 6.10 Å². The third kappa shape index (κ3) is 1.50. The summed E-state index contributed by atoms with van der Waals surface area (Å²) in [5.74, 6) is 0.755. The van der Waals surface area contributed by atoms with E-state index in [1.54, 1.807) is 0 Å². The Balaban J connectivity index is 2.00. The molecule has 1 aliphatic heterocycles. The van der Waals surface area contributed by atoms with Crippen molar-refractivity contribution in [2.45, 2.75) is 57.2 Å². The van der Waals surface area contributed by atoms with Crippen molar-refractivity contribution in [1.29, 1.82) is 0 Å². The first-order chi connectivity index (χ1) is 5.77. The molecule has 12 heavy (non-hydrogen) atoms. The molecule has 0 amide bonds. The molecule has 1 aliphatic carbocycles. The van der Waals surface area contributed by atoms with Crippen LogP contribution in [0.3, 0.4) is 0 Å². The Morgan fingerprint density at radius 1 is 1.17 bits per heavy atom. The fourth-order valence-electron chi connectivity index (χ4n) is 2.71. The lowest BCUT2D eigenvalue weighted by molar-refractivity contribution is 0.0325. The molecule has 1 saturated carbocycles. The first kappa shape index (κ1) is 8.52. The standard InChI is InChI=1S/C10H19NO/c1-7-5-6-8-3-2-4-9(12)10(8)11-7/h7-12H,2-6H2,1H3. The van der Waals surface area contributed by atoms with E-state index >= 15 is 0 Å². The van der Waals surface area contributed by atoms with E-state index in [1.165, 1.54) is 25.7 Å². The van der Waals surface area contributed by atoms with Gasteiger partial charge in [0.15, 0.2) is 0 Å². The fourth-order valence-corrected chi connectivity index (χ4v) is 2.71. The number of nitrogens with one attached hydrogen (secondary N) is 1. The average Bonchev–Trinajstić information content (AvgIpc) is 2.07. The monoisotopic (exact) mass is 169 g/mol. The van der Waals surface area contributed by atoms with Gasteiger partial charge in [-0.25, -0.2) is 0 Å². The molecule has 2 rings (SSSR count). The predicted octanol–water partition coefficient (Wildman–Crippen LogP) is 1.29. The number of aliphatic hydroxyl groups excluding tert-OH is 1. The highest BCUT2D eigenvalue weighted by Gasteiger charge is 2.35. The summed E-state index contributed by atoms with van der Waals surface area (Å²) < 4.78 is 0. The Hall–Kier alpha value is -0.0800. The van der Waals surface area contributed by atoms with E-state index in [4.69, 9.17) is 0 Å². The van der Waals surface area contributed by atoms with Crippen molar-refractivity contribution in [3.63, 3.8) is 0 Å². The number of hydrogen-bond acceptors (Lipinski definition) is 2. The number of piperidine rings is 1. The van der Waals surface area contributed by atoms with Crippen molar-refractivity contribution in [1.82, 2.24) is 5.32 Å². The van der Waals surface area contributed by atoms with Gasteiger partial charge in [-0.3, -0.25) is 0 Å². The molecule has 1 saturated heterocycles. The molecule has 0 aromatic carbocycles. The molecule has 0 spiro atoms. The molecule has 0 aromatic rings. The van der Waals surface area contributed by atoms with Crippen molar-refractivity contribution in [2.75, 3.05) is 0 Å². The molecule has 2 fully saturated rings. The highest BCUT2D eigenvalue weighted by molar-refractivity contribution is 4.92. The van der Waals surface area contributed by atoms with Crippen LogP contribution in [0.1, 0.15) is 39.0 Å². The van der Waals surface area contributed by atoms with Gasteiger partial charge in [-0.15, -0.1) is 0 Å². The second-order valence-electron chi connectivity index (χ2n) is 4.43. The normalized spacial score (nSPS) is 48.5. The Morgan fingerprint density at radius 2 is 2.00 bits per heavy atom. The van der Waals surface area contributed by atoms with Crippen molar-refractivity contribution in [2.24, 2.45) is 5.92 Å². The minimum Gasteiger partial charge on any atom is -0.391 e. The van der Waals surface area contributed by atoms with Crippen LogP contribution in [0, 0.1) is 5.92 Å². The maximum atomic E-state index is 9.76. The van der Waals surface area contributed by atoms with Crippen LogP contribution in [-0.4, -0.2) is 23.3 Å². The lowest BCUT2D eigenvalue weighted by Crippen LogP contribution is -2.54. The van der Waals surface area contributed by atoms with Crippen molar-refractivity contribution in [3.8, 4) is 0 Å². The van der Waals surface area contributed by atoms with Crippen LogP contribution in [0.5, 0.6) is 0 Å². The summed E-state index contributed by atoms with van der Waals surface area (Å²) in [7, 11) is 0. The van der Waals surface area contributed by atoms with Gasteiger partial charge >= 0.3 is 0 Å². The maximum Gasteiger partial charge on any atom is 0.0696 e. The van der Waals surface area contributed by atoms with Crippen LogP contribution in [0.15, 0.2) is 0 Å². The summed E-state index contributed by atoms with van der Waals surface area (Å²) in [6.45, 7) is 2.22. The quantitative estimate of drug-likeness (QED) is 0.572. The van der Waals surface area contributed by atoms with Gasteiger partial charge in [0.25, 0.3) is 0 Å². The summed E-state index contributed by atoms with van der Waals surface area (Å²) in [6.07, 6.45) is 6.07. The molecule has 0 bridgehead atoms. The Bertz CT molecular complexity index is 160. The highest BCUT2D eigenvalue weighted by Crippen LogP contribution is 2.32. The summed E-state index contributed by atoms with van der Waals surface area (Å²) in [5, 5.41) is 13.3. The third-order valence-corrected chi connectivity index (χ3v) is 3.44. The second-order valence-corrected chi connectivity index (χ2v) is 4.43. The van der Waals surface area contributed by atoms with E-state index in [2.05, 4.69) is 12.2 Å². The van der Waals surface area contributed by atoms with Gasteiger partial charge in [-0.1, -0.05) is 6.42 Å². The van der Waals surface area contributed by atoms with E-state index in [-0.39, 0.29) is 6.10 Å². The minimum absolute atomic E-state index is 0.0773. The molecular formula is C10H19NO. The number of hydrogen-bond donors (Lipinski definition) is 2. The molecule has 4 atom stereocenters. The van der Waals surface area contributed by atoms with E-state index in [9.17, 15) is 5.11 Å². The van der Waals surface area contributed by atoms with Gasteiger partial charge < -0.3 is 10.4 Å². The van der Waals surface area contributed by atoms with Gasteiger partial charge in [0.1, 0.15) is 0 Å². The number of aliphatic hydroxyl groups is 1. The molecule has 70 valence electrons. The second kappa shape index (κ2) is 3.35. The van der Waals surface area contributed by atoms with Crippen molar-refractivity contribution < 1.29 is 5.11 Å². The van der Waals surface area contributed by atoms with Crippen LogP contribution < -0.4 is 5.32 Å². The molecule has 4 unspecified atom stereocenters. The maximum absolute atomic E-state index is 9.76. The van der Waals surface area contributed by atoms with Crippen molar-refractivity contribution in [3.05, 3.63) is 0 Å². The zero-order chi connectivity index (χ0) is 8.55. The lowest BCUT2D eigenvalue weighted by atomic mass is 9.76. The van der Waals surface area contributed by atoms with Crippen LogP contribution in [0.25, 0.3) is 0 Å². The van der Waals surface area contributed by atoms with Crippen LogP contribution in [0.4, 0.5) is 0 Å². The molecule has 0 aromatic heterocycles. The Morgan fingerprint density at radius 3 is 2.83 bits per heavy atom. The summed E-state index contributed by atoms with van der Waals surface area (Å²) in [6, 6.07) is 1.02. The van der Waals surface area contributed by atoms with E-state index in [1.807, 2.05) is 0 Å². The van der Waals surface area contributed by atoms with Gasteiger partial charge in [0.2, 0.25) is 0 Å². The number of rotatable bonds is 0. The van der Waals surface area contributed by atoms with E-state index < -0.39 is 0 Å². The predicted molar refractivity (Wildman–Crippen MR) is 49.0 cm³/mol. The first-order valence-electron chi connectivity index (χ1n) is 5.21. The first-order valence-corrected chi connectivity index (χ1v) is 5.21. The van der Waals surface area contributed by atoms with Crippen LogP contribution in [0.2, 0.25) is 0 Å². The zero-order valence-electron chi connectivity index (χ0n) is 7.79. The Kier molecular flexibility index (Phi) is 2.37. The van der Waals surface area contributed by atoms with Crippen LogP contribution >= 0.6 is 0 Å². The highest BCUT2D eigenvalue weighted by atomic mass is 16.3. The smallest absolute Gasteiger partial charge is 0.0696 e. The molecule has 0 radical (unpaired) electrons. The van der Waals surface area contributed by atoms with Gasteiger partial charge in [-0.2, -0.15) is 0 Å². The van der Waals surface area contributed by atoms with E-state index in [0.717, 1.165) is 12.3 Å². The van der Waals surface area contributed by atoms with Crippen molar-refractivity contribution >= 4 is 0 Å². The largest absolute Gasteiger partial charge is 0.391 e. The van der Waals surface area contributed by atoms with Gasteiger partial charge in [-0.05, 0) is 38.5 Å². The Labute approximate surface area is 74.4 Å². The molecule has 2 heteroatoms. The zero-order valence-corrected chi connectivity index (χ0v) is 7.79. The molecule has 2 nitrogen and oxygen atoms in total. The third-order valence-electron chi connectivity index (χ3n) is 3.44. The van der Waals surface area contributed by atoms with Crippen LogP contribution in [-0.2, 0) is 0 Å². The summed E-state index contributed by atoms with van der Waals surface area (Å²) >= 11 is 0. The molecule has 2 aliphatic rings. The lowest BCUT2D eigenvalue weighted by Gasteiger charge is -2.42. The molecule has 2 N–H and O–H groups in total. The van der Waals surface area contributed by atoms with E-state index in [0.29, 0.717) is 12.1 Å². The molecule has 1 heterocycles.